The molecule has 0 aliphatic rings. The summed E-state index contributed by atoms with van der Waals surface area (Å²) in [5.41, 5.74) is 6.75. The average Bonchev–Trinajstić information content (AvgIpc) is 2.20. The van der Waals surface area contributed by atoms with Crippen molar-refractivity contribution < 1.29 is 5.11 Å². The van der Waals surface area contributed by atoms with Crippen molar-refractivity contribution in [2.45, 2.75) is 19.5 Å². The molecule has 0 bridgehead atoms. The fourth-order valence-electron chi connectivity index (χ4n) is 1.23. The Bertz CT molecular complexity index is 271. The van der Waals surface area contributed by atoms with Crippen LogP contribution in [0.15, 0.2) is 24.3 Å². The molecule has 0 heterocycles. The van der Waals surface area contributed by atoms with E-state index in [1.165, 1.54) is 5.56 Å². The molecule has 1 aromatic carbocycles. The minimum atomic E-state index is 0.309. The lowest BCUT2D eigenvalue weighted by atomic mass is 10.2. The number of rotatable bonds is 4. The predicted molar refractivity (Wildman–Crippen MR) is 58.1 cm³/mol. The Morgan fingerprint density at radius 3 is 2.43 bits per heavy atom. The second-order valence-corrected chi connectivity index (χ2v) is 3.67. The first kappa shape index (κ1) is 11.0. The number of phenols is 1. The van der Waals surface area contributed by atoms with Crippen molar-refractivity contribution in [3.8, 4) is 5.75 Å². The van der Waals surface area contributed by atoms with E-state index in [9.17, 15) is 0 Å². The van der Waals surface area contributed by atoms with Crippen LogP contribution in [0, 0.1) is 0 Å². The summed E-state index contributed by atoms with van der Waals surface area (Å²) in [6, 6.07) is 7.64. The van der Waals surface area contributed by atoms with E-state index in [-0.39, 0.29) is 0 Å². The second-order valence-electron chi connectivity index (χ2n) is 3.67. The number of benzene rings is 1. The fraction of sp³-hybridized carbons (Fsp3) is 0.455. The largest absolute Gasteiger partial charge is 0.508 e. The Hall–Kier alpha value is -1.06. The van der Waals surface area contributed by atoms with Gasteiger partial charge in [0.05, 0.1) is 0 Å². The SMILES string of the molecule is CC(CN)N(C)Cc1ccc(O)cc1. The Balaban J connectivity index is 2.56. The highest BCUT2D eigenvalue weighted by Crippen LogP contribution is 2.11. The van der Waals surface area contributed by atoms with Gasteiger partial charge in [-0.25, -0.2) is 0 Å². The molecule has 0 saturated carbocycles. The molecule has 1 unspecified atom stereocenters. The van der Waals surface area contributed by atoms with Crippen molar-refractivity contribution in [2.75, 3.05) is 13.6 Å². The van der Waals surface area contributed by atoms with Crippen molar-refractivity contribution in [1.82, 2.24) is 4.90 Å². The van der Waals surface area contributed by atoms with Gasteiger partial charge in [0.2, 0.25) is 0 Å². The van der Waals surface area contributed by atoms with E-state index < -0.39 is 0 Å². The van der Waals surface area contributed by atoms with E-state index in [2.05, 4.69) is 11.8 Å². The molecule has 14 heavy (non-hydrogen) atoms. The van der Waals surface area contributed by atoms with Gasteiger partial charge in [0.15, 0.2) is 0 Å². The summed E-state index contributed by atoms with van der Waals surface area (Å²) in [7, 11) is 2.05. The van der Waals surface area contributed by atoms with Crippen LogP contribution < -0.4 is 5.73 Å². The molecule has 78 valence electrons. The van der Waals surface area contributed by atoms with Crippen molar-refractivity contribution in [3.63, 3.8) is 0 Å². The highest BCUT2D eigenvalue weighted by atomic mass is 16.3. The molecule has 0 amide bonds. The van der Waals surface area contributed by atoms with E-state index in [4.69, 9.17) is 10.8 Å². The van der Waals surface area contributed by atoms with Crippen molar-refractivity contribution in [3.05, 3.63) is 29.8 Å². The summed E-state index contributed by atoms with van der Waals surface area (Å²) in [5.74, 6) is 0.309. The lowest BCUT2D eigenvalue weighted by Gasteiger charge is -2.23. The maximum Gasteiger partial charge on any atom is 0.115 e. The van der Waals surface area contributed by atoms with Crippen molar-refractivity contribution in [1.29, 1.82) is 0 Å². The summed E-state index contributed by atoms with van der Waals surface area (Å²) in [6.45, 7) is 3.62. The lowest BCUT2D eigenvalue weighted by molar-refractivity contribution is 0.255. The normalized spacial score (nSPS) is 13.1. The molecule has 3 heteroatoms. The van der Waals surface area contributed by atoms with Gasteiger partial charge in [0.1, 0.15) is 5.75 Å². The van der Waals surface area contributed by atoms with Gasteiger partial charge in [-0.1, -0.05) is 12.1 Å². The lowest BCUT2D eigenvalue weighted by Crippen LogP contribution is -2.34. The van der Waals surface area contributed by atoms with Crippen LogP contribution in [-0.2, 0) is 6.54 Å². The maximum absolute atomic E-state index is 9.11. The number of hydrogen-bond acceptors (Lipinski definition) is 3. The number of nitrogens with zero attached hydrogens (tertiary/aromatic N) is 1. The summed E-state index contributed by atoms with van der Waals surface area (Å²) in [4.78, 5) is 2.19. The van der Waals surface area contributed by atoms with Gasteiger partial charge in [-0.3, -0.25) is 4.90 Å². The Kier molecular flexibility index (Phi) is 3.92. The zero-order chi connectivity index (χ0) is 10.6. The molecular formula is C11H18N2O. The molecule has 0 aromatic heterocycles. The number of aromatic hydroxyl groups is 1. The van der Waals surface area contributed by atoms with Gasteiger partial charge in [-0.15, -0.1) is 0 Å². The van der Waals surface area contributed by atoms with Gasteiger partial charge in [0.25, 0.3) is 0 Å². The molecule has 1 rings (SSSR count). The number of nitrogens with two attached hydrogens (primary N) is 1. The molecule has 0 aliphatic heterocycles. The van der Waals surface area contributed by atoms with Crippen molar-refractivity contribution in [2.24, 2.45) is 5.73 Å². The first-order valence-electron chi connectivity index (χ1n) is 4.81. The monoisotopic (exact) mass is 194 g/mol. The zero-order valence-electron chi connectivity index (χ0n) is 8.77. The molecule has 3 N–H and O–H groups in total. The smallest absolute Gasteiger partial charge is 0.115 e. The van der Waals surface area contributed by atoms with Crippen LogP contribution in [0.2, 0.25) is 0 Å². The zero-order valence-corrected chi connectivity index (χ0v) is 8.77. The van der Waals surface area contributed by atoms with Gasteiger partial charge >= 0.3 is 0 Å². The molecule has 3 nitrogen and oxygen atoms in total. The second kappa shape index (κ2) is 4.98. The highest BCUT2D eigenvalue weighted by molar-refractivity contribution is 5.25. The van der Waals surface area contributed by atoms with E-state index in [0.29, 0.717) is 18.3 Å². The Morgan fingerprint density at radius 1 is 1.36 bits per heavy atom. The van der Waals surface area contributed by atoms with E-state index in [1.807, 2.05) is 19.2 Å². The van der Waals surface area contributed by atoms with Crippen LogP contribution in [-0.4, -0.2) is 29.6 Å². The number of hydrogen-bond donors (Lipinski definition) is 2. The third-order valence-corrected chi connectivity index (χ3v) is 2.46. The standard InChI is InChI=1S/C11H18N2O/c1-9(7-12)13(2)8-10-3-5-11(14)6-4-10/h3-6,9,14H,7-8,12H2,1-2H3. The van der Waals surface area contributed by atoms with Gasteiger partial charge in [0, 0.05) is 19.1 Å². The van der Waals surface area contributed by atoms with Crippen LogP contribution in [0.3, 0.4) is 0 Å². The fourth-order valence-corrected chi connectivity index (χ4v) is 1.23. The van der Waals surface area contributed by atoms with Crippen LogP contribution in [0.1, 0.15) is 12.5 Å². The van der Waals surface area contributed by atoms with Crippen LogP contribution in [0.4, 0.5) is 0 Å². The maximum atomic E-state index is 9.11. The van der Waals surface area contributed by atoms with E-state index in [1.54, 1.807) is 12.1 Å². The summed E-state index contributed by atoms with van der Waals surface area (Å²) in [6.07, 6.45) is 0. The number of phenolic OH excluding ortho intramolecular Hbond substituents is 1. The van der Waals surface area contributed by atoms with E-state index >= 15 is 0 Å². The molecular weight excluding hydrogens is 176 g/mol. The van der Waals surface area contributed by atoms with Crippen LogP contribution in [0.5, 0.6) is 5.75 Å². The quantitative estimate of drug-likeness (QED) is 0.756. The molecule has 1 atom stereocenters. The topological polar surface area (TPSA) is 49.5 Å². The minimum absolute atomic E-state index is 0.309. The van der Waals surface area contributed by atoms with Gasteiger partial charge < -0.3 is 10.8 Å². The molecule has 0 aliphatic carbocycles. The molecule has 1 aromatic rings. The summed E-state index contributed by atoms with van der Waals surface area (Å²) < 4.78 is 0. The first-order valence-corrected chi connectivity index (χ1v) is 4.81. The third kappa shape index (κ3) is 3.01. The van der Waals surface area contributed by atoms with Gasteiger partial charge in [-0.2, -0.15) is 0 Å². The molecule has 0 radical (unpaired) electrons. The van der Waals surface area contributed by atoms with E-state index in [0.717, 1.165) is 6.54 Å². The Morgan fingerprint density at radius 2 is 1.93 bits per heavy atom. The van der Waals surface area contributed by atoms with Crippen LogP contribution >= 0.6 is 0 Å². The predicted octanol–water partition coefficient (Wildman–Crippen LogP) is 1.17. The minimum Gasteiger partial charge on any atom is -0.508 e. The average molecular weight is 194 g/mol. The molecule has 0 fully saturated rings. The van der Waals surface area contributed by atoms with Crippen LogP contribution in [0.25, 0.3) is 0 Å². The molecule has 0 saturated heterocycles. The van der Waals surface area contributed by atoms with Gasteiger partial charge in [-0.05, 0) is 31.7 Å². The summed E-state index contributed by atoms with van der Waals surface area (Å²) >= 11 is 0. The highest BCUT2D eigenvalue weighted by Gasteiger charge is 2.06. The molecule has 0 spiro atoms. The first-order chi connectivity index (χ1) is 6.63. The third-order valence-electron chi connectivity index (χ3n) is 2.46. The Labute approximate surface area is 85.2 Å². The number of likely N-dealkylation sites (N-methyl/N-ethyl adjacent to an activating group) is 1. The van der Waals surface area contributed by atoms with Crippen molar-refractivity contribution >= 4 is 0 Å². The summed E-state index contributed by atoms with van der Waals surface area (Å²) in [5, 5.41) is 9.11.